The minimum absolute atomic E-state index is 0.339. The lowest BCUT2D eigenvalue weighted by Gasteiger charge is -2.02. The molecular weight excluding hydrogens is 302 g/mol. The molecule has 2 aromatic carbocycles. The predicted molar refractivity (Wildman–Crippen MR) is 92.7 cm³/mol. The monoisotopic (exact) mass is 321 g/mol. The van der Waals surface area contributed by atoms with Gasteiger partial charge in [0.05, 0.1) is 12.2 Å². The summed E-state index contributed by atoms with van der Waals surface area (Å²) in [6.07, 6.45) is 1.00. The van der Waals surface area contributed by atoms with Crippen LogP contribution in [-0.4, -0.2) is 17.7 Å². The van der Waals surface area contributed by atoms with Crippen molar-refractivity contribution in [1.82, 2.24) is 5.16 Å². The fraction of sp³-hybridized carbons (Fsp3) is 0.200. The van der Waals surface area contributed by atoms with Crippen molar-refractivity contribution in [3.63, 3.8) is 0 Å². The van der Waals surface area contributed by atoms with Gasteiger partial charge in [0.2, 0.25) is 0 Å². The molecule has 0 aliphatic rings. The Hall–Kier alpha value is -2.88. The highest BCUT2D eigenvalue weighted by Crippen LogP contribution is 2.27. The fourth-order valence-electron chi connectivity index (χ4n) is 2.47. The first-order valence-corrected chi connectivity index (χ1v) is 8.05. The molecule has 24 heavy (non-hydrogen) atoms. The average molecular weight is 321 g/mol. The average Bonchev–Trinajstić information content (AvgIpc) is 3.12. The van der Waals surface area contributed by atoms with Gasteiger partial charge < -0.3 is 9.26 Å². The third-order valence-corrected chi connectivity index (χ3v) is 3.83. The summed E-state index contributed by atoms with van der Waals surface area (Å²) >= 11 is 0. The van der Waals surface area contributed by atoms with Gasteiger partial charge in [-0.3, -0.25) is 0 Å². The number of aromatic nitrogens is 1. The molecule has 0 unspecified atom stereocenters. The minimum atomic E-state index is -0.339. The van der Waals surface area contributed by atoms with Crippen molar-refractivity contribution in [2.75, 3.05) is 6.61 Å². The van der Waals surface area contributed by atoms with Crippen LogP contribution in [-0.2, 0) is 11.2 Å². The van der Waals surface area contributed by atoms with E-state index in [1.807, 2.05) is 24.3 Å². The number of carbonyl (C=O) groups excluding carboxylic acids is 1. The van der Waals surface area contributed by atoms with Crippen molar-refractivity contribution >= 4 is 5.97 Å². The van der Waals surface area contributed by atoms with Crippen molar-refractivity contribution in [2.45, 2.75) is 20.3 Å². The molecule has 4 nitrogen and oxygen atoms in total. The van der Waals surface area contributed by atoms with Crippen molar-refractivity contribution in [3.8, 4) is 22.6 Å². The van der Waals surface area contributed by atoms with Gasteiger partial charge in [-0.2, -0.15) is 0 Å². The second-order valence-corrected chi connectivity index (χ2v) is 5.43. The standard InChI is InChI=1S/C20H19NO3/c1-3-14-8-10-15(11-9-14)18-13-19(24-21-18)16-6-5-7-17(12-16)20(22)23-4-2/h5-13H,3-4H2,1-2H3. The molecule has 0 bridgehead atoms. The highest BCUT2D eigenvalue weighted by Gasteiger charge is 2.12. The first-order chi connectivity index (χ1) is 11.7. The highest BCUT2D eigenvalue weighted by molar-refractivity contribution is 5.90. The summed E-state index contributed by atoms with van der Waals surface area (Å²) in [4.78, 5) is 11.8. The van der Waals surface area contributed by atoms with Gasteiger partial charge in [-0.1, -0.05) is 48.5 Å². The lowest BCUT2D eigenvalue weighted by Crippen LogP contribution is -2.04. The van der Waals surface area contributed by atoms with E-state index in [0.717, 1.165) is 23.2 Å². The maximum atomic E-state index is 11.8. The van der Waals surface area contributed by atoms with Crippen LogP contribution in [0.25, 0.3) is 22.6 Å². The molecule has 0 aliphatic heterocycles. The quantitative estimate of drug-likeness (QED) is 0.636. The Bertz CT molecular complexity index is 834. The first kappa shape index (κ1) is 16.0. The van der Waals surface area contributed by atoms with E-state index in [9.17, 15) is 4.79 Å². The van der Waals surface area contributed by atoms with Crippen LogP contribution in [0.3, 0.4) is 0 Å². The number of nitrogens with zero attached hydrogens (tertiary/aromatic N) is 1. The molecule has 0 spiro atoms. The lowest BCUT2D eigenvalue weighted by molar-refractivity contribution is 0.0526. The Morgan fingerprint density at radius 2 is 1.83 bits per heavy atom. The number of benzene rings is 2. The van der Waals surface area contributed by atoms with E-state index in [-0.39, 0.29) is 5.97 Å². The second kappa shape index (κ2) is 7.13. The second-order valence-electron chi connectivity index (χ2n) is 5.43. The van der Waals surface area contributed by atoms with Crippen LogP contribution in [0.4, 0.5) is 0 Å². The van der Waals surface area contributed by atoms with Crippen molar-refractivity contribution in [2.24, 2.45) is 0 Å². The van der Waals surface area contributed by atoms with Gasteiger partial charge in [-0.05, 0) is 31.0 Å². The van der Waals surface area contributed by atoms with Crippen LogP contribution in [0, 0.1) is 0 Å². The summed E-state index contributed by atoms with van der Waals surface area (Å²) < 4.78 is 10.5. The fourth-order valence-corrected chi connectivity index (χ4v) is 2.47. The zero-order chi connectivity index (χ0) is 16.9. The van der Waals surface area contributed by atoms with Gasteiger partial charge in [0.1, 0.15) is 5.69 Å². The maximum absolute atomic E-state index is 11.8. The van der Waals surface area contributed by atoms with Crippen LogP contribution in [0.1, 0.15) is 29.8 Å². The van der Waals surface area contributed by atoms with Crippen LogP contribution in [0.2, 0.25) is 0 Å². The van der Waals surface area contributed by atoms with Crippen molar-refractivity contribution in [3.05, 3.63) is 65.7 Å². The third kappa shape index (κ3) is 3.38. The Morgan fingerprint density at radius 1 is 1.04 bits per heavy atom. The van der Waals surface area contributed by atoms with Gasteiger partial charge >= 0.3 is 5.97 Å². The number of esters is 1. The maximum Gasteiger partial charge on any atom is 0.338 e. The summed E-state index contributed by atoms with van der Waals surface area (Å²) in [6, 6.07) is 17.3. The molecule has 122 valence electrons. The molecule has 0 atom stereocenters. The molecule has 1 heterocycles. The molecule has 3 rings (SSSR count). The zero-order valence-corrected chi connectivity index (χ0v) is 13.8. The number of hydrogen-bond donors (Lipinski definition) is 0. The molecule has 1 aromatic heterocycles. The Morgan fingerprint density at radius 3 is 2.54 bits per heavy atom. The molecule has 0 saturated heterocycles. The Labute approximate surface area is 141 Å². The van der Waals surface area contributed by atoms with Crippen LogP contribution < -0.4 is 0 Å². The van der Waals surface area contributed by atoms with E-state index < -0.39 is 0 Å². The van der Waals surface area contributed by atoms with E-state index in [1.165, 1.54) is 5.56 Å². The van der Waals surface area contributed by atoms with Crippen molar-refractivity contribution < 1.29 is 14.1 Å². The summed E-state index contributed by atoms with van der Waals surface area (Å²) in [5.74, 6) is 0.282. The smallest absolute Gasteiger partial charge is 0.338 e. The summed E-state index contributed by atoms with van der Waals surface area (Å²) in [6.45, 7) is 4.26. The summed E-state index contributed by atoms with van der Waals surface area (Å²) in [7, 11) is 0. The van der Waals surface area contributed by atoms with E-state index in [4.69, 9.17) is 9.26 Å². The number of rotatable bonds is 5. The zero-order valence-electron chi connectivity index (χ0n) is 13.8. The van der Waals surface area contributed by atoms with E-state index in [1.54, 1.807) is 25.1 Å². The number of aryl methyl sites for hydroxylation is 1. The first-order valence-electron chi connectivity index (χ1n) is 8.05. The van der Waals surface area contributed by atoms with Crippen LogP contribution in [0.5, 0.6) is 0 Å². The Kier molecular flexibility index (Phi) is 4.75. The topological polar surface area (TPSA) is 52.3 Å². The van der Waals surface area contributed by atoms with Crippen molar-refractivity contribution in [1.29, 1.82) is 0 Å². The molecule has 0 aliphatic carbocycles. The Balaban J connectivity index is 1.87. The summed E-state index contributed by atoms with van der Waals surface area (Å²) in [5.41, 5.74) is 4.35. The summed E-state index contributed by atoms with van der Waals surface area (Å²) in [5, 5.41) is 4.14. The minimum Gasteiger partial charge on any atom is -0.462 e. The largest absolute Gasteiger partial charge is 0.462 e. The van der Waals surface area contributed by atoms with E-state index >= 15 is 0 Å². The van der Waals surface area contributed by atoms with Gasteiger partial charge in [0.25, 0.3) is 0 Å². The lowest BCUT2D eigenvalue weighted by atomic mass is 10.1. The number of hydrogen-bond acceptors (Lipinski definition) is 4. The van der Waals surface area contributed by atoms with E-state index in [2.05, 4.69) is 24.2 Å². The SMILES string of the molecule is CCOC(=O)c1cccc(-c2cc(-c3ccc(CC)cc3)no2)c1. The molecule has 0 amide bonds. The molecule has 0 radical (unpaired) electrons. The van der Waals surface area contributed by atoms with Gasteiger partial charge in [0.15, 0.2) is 5.76 Å². The molecule has 0 saturated carbocycles. The molecule has 4 heteroatoms. The normalized spacial score (nSPS) is 10.6. The predicted octanol–water partition coefficient (Wildman–Crippen LogP) is 4.75. The molecule has 0 N–H and O–H groups in total. The molecule has 3 aromatic rings. The van der Waals surface area contributed by atoms with Gasteiger partial charge in [0, 0.05) is 17.2 Å². The van der Waals surface area contributed by atoms with Gasteiger partial charge in [-0.15, -0.1) is 0 Å². The van der Waals surface area contributed by atoms with Crippen LogP contribution >= 0.6 is 0 Å². The number of carbonyl (C=O) groups is 1. The number of ether oxygens (including phenoxy) is 1. The molecular formula is C20H19NO3. The molecule has 0 fully saturated rings. The highest BCUT2D eigenvalue weighted by atomic mass is 16.5. The van der Waals surface area contributed by atoms with E-state index in [0.29, 0.717) is 17.9 Å². The third-order valence-electron chi connectivity index (χ3n) is 3.83. The van der Waals surface area contributed by atoms with Crippen LogP contribution in [0.15, 0.2) is 59.1 Å². The van der Waals surface area contributed by atoms with Gasteiger partial charge in [-0.25, -0.2) is 4.79 Å².